The van der Waals surface area contributed by atoms with E-state index < -0.39 is 0 Å². The summed E-state index contributed by atoms with van der Waals surface area (Å²) in [5, 5.41) is 5.41. The van der Waals surface area contributed by atoms with Gasteiger partial charge in [-0.1, -0.05) is 11.2 Å². The van der Waals surface area contributed by atoms with E-state index in [1.54, 1.807) is 11.2 Å². The topological polar surface area (TPSA) is 131 Å². The van der Waals surface area contributed by atoms with E-state index in [-0.39, 0.29) is 0 Å². The Bertz CT molecular complexity index is 128. The molecule has 0 aromatic carbocycles. The number of rotatable bonds is 4. The van der Waals surface area contributed by atoms with Gasteiger partial charge in [0, 0.05) is 15.4 Å². The molecule has 0 saturated carbocycles. The zero-order valence-corrected chi connectivity index (χ0v) is 4.09. The van der Waals surface area contributed by atoms with Crippen LogP contribution in [0.3, 0.4) is 0 Å². The molecule has 9 nitrogen and oxygen atoms in total. The zero-order chi connectivity index (χ0) is 6.95. The molecule has 0 aromatic rings. The molecule has 9 heteroatoms. The molecule has 0 aliphatic carbocycles. The van der Waals surface area contributed by atoms with E-state index in [1.807, 2.05) is 0 Å². The third kappa shape index (κ3) is 6.18. The molecule has 0 saturated heterocycles. The minimum absolute atomic E-state index is 1.70. The van der Waals surface area contributed by atoms with Crippen LogP contribution >= 0.6 is 0 Å². The Hall–Kier alpha value is -1.82. The largest absolute Gasteiger partial charge is 0.167 e. The van der Waals surface area contributed by atoms with Gasteiger partial charge in [-0.05, 0) is 0 Å². The highest BCUT2D eigenvalue weighted by Crippen LogP contribution is 1.61. The number of azide groups is 2. The highest BCUT2D eigenvalue weighted by atomic mass is 16.8. The molecule has 0 rings (SSSR count). The second-order valence-electron chi connectivity index (χ2n) is 0.664. The van der Waals surface area contributed by atoms with Gasteiger partial charge in [-0.2, -0.15) is 9.82 Å². The number of hydrogen-bond acceptors (Lipinski definition) is 3. The summed E-state index contributed by atoms with van der Waals surface area (Å²) >= 11 is 0. The van der Waals surface area contributed by atoms with Crippen molar-refractivity contribution in [2.24, 2.45) is 10.4 Å². The fourth-order valence-electron chi connectivity index (χ4n) is 0.0978. The molecule has 0 amide bonds. The van der Waals surface area contributed by atoms with E-state index in [1.165, 1.54) is 0 Å². The van der Waals surface area contributed by atoms with Crippen LogP contribution in [0.1, 0.15) is 0 Å². The average molecular weight is 130 g/mol. The van der Waals surface area contributed by atoms with Crippen molar-refractivity contribution in [2.75, 3.05) is 0 Å². The van der Waals surface area contributed by atoms with Crippen molar-refractivity contribution in [3.8, 4) is 0 Å². The normalized spacial score (nSPS) is 6.22. The van der Waals surface area contributed by atoms with Crippen molar-refractivity contribution >= 4 is 0 Å². The Balaban J connectivity index is 3.09. The second kappa shape index (κ2) is 6.18. The molecule has 0 bridgehead atoms. The van der Waals surface area contributed by atoms with Gasteiger partial charge in [0.05, 0.1) is 0 Å². The maximum absolute atomic E-state index is 7.61. The van der Waals surface area contributed by atoms with Crippen molar-refractivity contribution in [3.63, 3.8) is 0 Å². The summed E-state index contributed by atoms with van der Waals surface area (Å²) in [5.41, 5.74) is 18.6. The van der Waals surface area contributed by atoms with E-state index in [2.05, 4.69) is 25.2 Å². The van der Waals surface area contributed by atoms with Crippen LogP contribution < -0.4 is 11.2 Å². The van der Waals surface area contributed by atoms with Crippen molar-refractivity contribution < 1.29 is 4.94 Å². The Morgan fingerprint density at radius 2 is 1.56 bits per heavy atom. The Morgan fingerprint density at radius 1 is 1.11 bits per heavy atom. The fourth-order valence-corrected chi connectivity index (χ4v) is 0.0978. The van der Waals surface area contributed by atoms with Crippen LogP contribution in [0, 0.1) is 0 Å². The lowest BCUT2D eigenvalue weighted by Crippen LogP contribution is -2.15. The highest BCUT2D eigenvalue weighted by Gasteiger charge is 1.77. The Labute approximate surface area is 48.7 Å². The molecule has 0 aliphatic rings. The van der Waals surface area contributed by atoms with Gasteiger partial charge < -0.3 is 0 Å². The lowest BCUT2D eigenvalue weighted by molar-refractivity contribution is -0.0382. The summed E-state index contributed by atoms with van der Waals surface area (Å²) in [5.74, 6) is 0. The van der Waals surface area contributed by atoms with E-state index in [4.69, 9.17) is 11.1 Å². The van der Waals surface area contributed by atoms with Crippen LogP contribution in [-0.4, -0.2) is 0 Å². The van der Waals surface area contributed by atoms with Gasteiger partial charge in [-0.15, -0.1) is 11.1 Å². The van der Waals surface area contributed by atoms with Crippen LogP contribution in [0.4, 0.5) is 0 Å². The van der Waals surface area contributed by atoms with Crippen molar-refractivity contribution in [1.29, 1.82) is 0 Å². The van der Waals surface area contributed by atoms with Gasteiger partial charge in [-0.3, -0.25) is 0 Å². The summed E-state index contributed by atoms with van der Waals surface area (Å²) in [6.07, 6.45) is 0. The molecular formula is H2N8O. The van der Waals surface area contributed by atoms with Crippen LogP contribution in [-0.2, 0) is 4.94 Å². The molecule has 0 unspecified atom stereocenters. The second-order valence-corrected chi connectivity index (χ2v) is 0.664. The maximum atomic E-state index is 7.61. The van der Waals surface area contributed by atoms with E-state index in [0.29, 0.717) is 0 Å². The molecule has 2 N–H and O–H groups in total. The summed E-state index contributed by atoms with van der Waals surface area (Å²) in [4.78, 5) is 8.47. The lowest BCUT2D eigenvalue weighted by Gasteiger charge is -1.83. The van der Waals surface area contributed by atoms with Gasteiger partial charge in [0.1, 0.15) is 0 Å². The molecule has 0 atom stereocenters. The first-order valence-corrected chi connectivity index (χ1v) is 1.66. The molecule has 48 valence electrons. The van der Waals surface area contributed by atoms with Crippen molar-refractivity contribution in [3.05, 3.63) is 20.9 Å². The SMILES string of the molecule is [N-]=[N+]=NNONN=[N+]=[N-]. The zero-order valence-electron chi connectivity index (χ0n) is 4.09. The molecule has 0 aliphatic heterocycles. The number of hydrogen-bond donors (Lipinski definition) is 2. The monoisotopic (exact) mass is 130 g/mol. The minimum atomic E-state index is 1.70. The number of nitrogens with zero attached hydrogens (tertiary/aromatic N) is 6. The van der Waals surface area contributed by atoms with Crippen molar-refractivity contribution in [1.82, 2.24) is 11.2 Å². The number of nitrogens with one attached hydrogen (secondary N) is 2. The first-order chi connectivity index (χ1) is 4.41. The first-order valence-electron chi connectivity index (χ1n) is 1.66. The molecule has 0 aromatic heterocycles. The van der Waals surface area contributed by atoms with Crippen molar-refractivity contribution in [2.45, 2.75) is 0 Å². The van der Waals surface area contributed by atoms with E-state index in [0.717, 1.165) is 0 Å². The van der Waals surface area contributed by atoms with Gasteiger partial charge >= 0.3 is 0 Å². The summed E-state index contributed by atoms with van der Waals surface area (Å²) in [6.45, 7) is 0. The average Bonchev–Trinajstić information content (AvgIpc) is 1.89. The van der Waals surface area contributed by atoms with Gasteiger partial charge in [0.15, 0.2) is 0 Å². The van der Waals surface area contributed by atoms with Crippen LogP contribution in [0.15, 0.2) is 10.4 Å². The van der Waals surface area contributed by atoms with Crippen LogP contribution in [0.5, 0.6) is 0 Å². The predicted molar refractivity (Wildman–Crippen MR) is 25.6 cm³/mol. The minimum Gasteiger partial charge on any atom is -0.167 e. The molecule has 0 radical (unpaired) electrons. The lowest BCUT2D eigenvalue weighted by atomic mass is 12.5. The molecule has 9 heavy (non-hydrogen) atoms. The van der Waals surface area contributed by atoms with Gasteiger partial charge in [0.25, 0.3) is 0 Å². The van der Waals surface area contributed by atoms with E-state index >= 15 is 0 Å². The summed E-state index contributed by atoms with van der Waals surface area (Å²) in [6, 6.07) is 0. The predicted octanol–water partition coefficient (Wildman–Crippen LogP) is 0.463. The summed E-state index contributed by atoms with van der Waals surface area (Å²) < 4.78 is 0. The molecule has 0 heterocycles. The van der Waals surface area contributed by atoms with Gasteiger partial charge in [0.2, 0.25) is 0 Å². The fraction of sp³-hybridized carbons (Fsp3) is 0. The smallest absolute Gasteiger partial charge is 0.0150 e. The highest BCUT2D eigenvalue weighted by molar-refractivity contribution is 4.31. The molecule has 0 fully saturated rings. The third-order valence-corrected chi connectivity index (χ3v) is 0.262. The van der Waals surface area contributed by atoms with Crippen LogP contribution in [0.2, 0.25) is 0 Å². The first kappa shape index (κ1) is 7.18. The third-order valence-electron chi connectivity index (χ3n) is 0.262. The Morgan fingerprint density at radius 3 is 1.89 bits per heavy atom. The van der Waals surface area contributed by atoms with E-state index in [9.17, 15) is 0 Å². The Kier molecular flexibility index (Phi) is 4.93. The van der Waals surface area contributed by atoms with Crippen LogP contribution in [0.25, 0.3) is 20.9 Å². The maximum Gasteiger partial charge on any atom is 0.0150 e. The quantitative estimate of drug-likeness (QED) is 0.188. The summed E-state index contributed by atoms with van der Waals surface area (Å²) in [7, 11) is 0. The molecule has 0 spiro atoms. The van der Waals surface area contributed by atoms with Gasteiger partial charge in [-0.25, -0.2) is 0 Å². The standard InChI is InChI=1S/H2N8O/c1-3-5-7-9-8-6-4-2/h7-8H. The molecular weight excluding hydrogens is 128 g/mol.